The number of amides is 1. The molecule has 146 valence electrons. The van der Waals surface area contributed by atoms with E-state index in [2.05, 4.69) is 11.5 Å². The van der Waals surface area contributed by atoms with E-state index in [0.717, 1.165) is 17.7 Å². The molecular formula is C22H23ClFN3O. The molecule has 0 unspecified atom stereocenters. The summed E-state index contributed by atoms with van der Waals surface area (Å²) < 4.78 is 13.1. The minimum Gasteiger partial charge on any atom is -0.398 e. The smallest absolute Gasteiger partial charge is 0.247 e. The molecule has 1 amide bonds. The minimum atomic E-state index is -0.240. The van der Waals surface area contributed by atoms with Crippen LogP contribution in [-0.2, 0) is 11.3 Å². The summed E-state index contributed by atoms with van der Waals surface area (Å²) in [4.78, 5) is 16.7. The van der Waals surface area contributed by atoms with Crippen molar-refractivity contribution in [1.29, 1.82) is 0 Å². The zero-order valence-corrected chi connectivity index (χ0v) is 16.3. The Morgan fingerprint density at radius 2 is 2.00 bits per heavy atom. The number of carbonyl (C=O) groups excluding carboxylic acids is 1. The van der Waals surface area contributed by atoms with Crippen LogP contribution >= 0.6 is 11.6 Å². The molecule has 1 aliphatic heterocycles. The molecule has 0 spiro atoms. The highest BCUT2D eigenvalue weighted by molar-refractivity contribution is 6.30. The van der Waals surface area contributed by atoms with Gasteiger partial charge < -0.3 is 10.6 Å². The van der Waals surface area contributed by atoms with E-state index < -0.39 is 0 Å². The fraction of sp³-hybridized carbons (Fsp3) is 0.227. The number of benzene rings is 2. The topological polar surface area (TPSA) is 49.6 Å². The molecule has 2 N–H and O–H groups in total. The third-order valence-electron chi connectivity index (χ3n) is 4.83. The lowest BCUT2D eigenvalue weighted by atomic mass is 10.1. The average molecular weight is 400 g/mol. The van der Waals surface area contributed by atoms with Gasteiger partial charge in [0.05, 0.1) is 6.04 Å². The quantitative estimate of drug-likeness (QED) is 0.470. The van der Waals surface area contributed by atoms with E-state index >= 15 is 0 Å². The molecule has 1 heterocycles. The summed E-state index contributed by atoms with van der Waals surface area (Å²) in [5.74, 6) is -0.322. The summed E-state index contributed by atoms with van der Waals surface area (Å²) in [6, 6.07) is 11.6. The van der Waals surface area contributed by atoms with Gasteiger partial charge in [-0.2, -0.15) is 0 Å². The van der Waals surface area contributed by atoms with Crippen molar-refractivity contribution in [1.82, 2.24) is 9.80 Å². The third kappa shape index (κ3) is 5.00. The van der Waals surface area contributed by atoms with E-state index in [1.165, 1.54) is 18.2 Å². The normalized spacial score (nSPS) is 17.8. The molecule has 0 saturated carbocycles. The maximum absolute atomic E-state index is 13.1. The SMILES string of the molecule is C=C[C@@H]1CN(Cc2ccc(F)cc2)CCN1C(=O)/C=C/c1ccc(Cl)cc1N. The second kappa shape index (κ2) is 9.04. The molecule has 0 bridgehead atoms. The van der Waals surface area contributed by atoms with Gasteiger partial charge in [-0.1, -0.05) is 35.9 Å². The predicted molar refractivity (Wildman–Crippen MR) is 112 cm³/mol. The van der Waals surface area contributed by atoms with Crippen molar-refractivity contribution >= 4 is 29.3 Å². The summed E-state index contributed by atoms with van der Waals surface area (Å²) >= 11 is 5.91. The Balaban J connectivity index is 1.63. The fourth-order valence-corrected chi connectivity index (χ4v) is 3.47. The highest BCUT2D eigenvalue weighted by atomic mass is 35.5. The molecule has 1 saturated heterocycles. The second-order valence-corrected chi connectivity index (χ2v) is 7.24. The van der Waals surface area contributed by atoms with Crippen molar-refractivity contribution in [2.75, 3.05) is 25.4 Å². The predicted octanol–water partition coefficient (Wildman–Crippen LogP) is 3.97. The van der Waals surface area contributed by atoms with Crippen molar-refractivity contribution in [3.63, 3.8) is 0 Å². The van der Waals surface area contributed by atoms with Gasteiger partial charge in [0.15, 0.2) is 0 Å². The van der Waals surface area contributed by atoms with Crippen molar-refractivity contribution in [2.45, 2.75) is 12.6 Å². The standard InChI is InChI=1S/C22H23ClFN3O/c1-2-20-15-26(14-16-3-8-19(24)9-4-16)11-12-27(20)22(28)10-6-17-5-7-18(23)13-21(17)25/h2-10,13,20H,1,11-12,14-15,25H2/b10-6+/t20-/m1/s1. The number of nitrogens with two attached hydrogens (primary N) is 1. The Labute approximate surface area is 169 Å². The van der Waals surface area contributed by atoms with E-state index in [0.29, 0.717) is 30.3 Å². The lowest BCUT2D eigenvalue weighted by Crippen LogP contribution is -2.53. The number of hydrogen-bond acceptors (Lipinski definition) is 3. The lowest BCUT2D eigenvalue weighted by molar-refractivity contribution is -0.129. The molecule has 28 heavy (non-hydrogen) atoms. The molecule has 0 aliphatic carbocycles. The maximum Gasteiger partial charge on any atom is 0.247 e. The van der Waals surface area contributed by atoms with Crippen LogP contribution in [0, 0.1) is 5.82 Å². The molecule has 2 aromatic carbocycles. The van der Waals surface area contributed by atoms with Crippen LogP contribution in [0.1, 0.15) is 11.1 Å². The maximum atomic E-state index is 13.1. The summed E-state index contributed by atoms with van der Waals surface area (Å²) in [6.07, 6.45) is 5.03. The number of nitrogens with zero attached hydrogens (tertiary/aromatic N) is 2. The first-order valence-electron chi connectivity index (χ1n) is 9.09. The zero-order chi connectivity index (χ0) is 20.1. The number of carbonyl (C=O) groups is 1. The molecule has 4 nitrogen and oxygen atoms in total. The van der Waals surface area contributed by atoms with Gasteiger partial charge in [0.25, 0.3) is 0 Å². The molecule has 1 fully saturated rings. The third-order valence-corrected chi connectivity index (χ3v) is 5.07. The van der Waals surface area contributed by atoms with Gasteiger partial charge in [0.2, 0.25) is 5.91 Å². The molecule has 6 heteroatoms. The van der Waals surface area contributed by atoms with Crippen LogP contribution in [0.2, 0.25) is 5.02 Å². The van der Waals surface area contributed by atoms with Gasteiger partial charge in [-0.15, -0.1) is 6.58 Å². The van der Waals surface area contributed by atoms with Crippen LogP contribution in [-0.4, -0.2) is 41.4 Å². The first kappa shape index (κ1) is 20.1. The second-order valence-electron chi connectivity index (χ2n) is 6.80. The van der Waals surface area contributed by atoms with Crippen LogP contribution in [0.4, 0.5) is 10.1 Å². The Hall–Kier alpha value is -2.63. The van der Waals surface area contributed by atoms with E-state index in [9.17, 15) is 9.18 Å². The first-order valence-corrected chi connectivity index (χ1v) is 9.47. The summed E-state index contributed by atoms with van der Waals surface area (Å²) in [7, 11) is 0. The largest absolute Gasteiger partial charge is 0.398 e. The molecule has 2 aromatic rings. The highest BCUT2D eigenvalue weighted by Gasteiger charge is 2.27. The van der Waals surface area contributed by atoms with Crippen LogP contribution in [0.25, 0.3) is 6.08 Å². The Kier molecular flexibility index (Phi) is 6.49. The summed E-state index contributed by atoms with van der Waals surface area (Å²) in [5.41, 5.74) is 8.26. The number of rotatable bonds is 5. The number of hydrogen-bond donors (Lipinski definition) is 1. The summed E-state index contributed by atoms with van der Waals surface area (Å²) in [6.45, 7) is 6.61. The molecule has 0 aromatic heterocycles. The monoisotopic (exact) mass is 399 g/mol. The van der Waals surface area contributed by atoms with Crippen LogP contribution in [0.5, 0.6) is 0 Å². The van der Waals surface area contributed by atoms with Crippen LogP contribution in [0.3, 0.4) is 0 Å². The Morgan fingerprint density at radius 1 is 1.25 bits per heavy atom. The Bertz CT molecular complexity index is 882. The van der Waals surface area contributed by atoms with E-state index in [4.69, 9.17) is 17.3 Å². The van der Waals surface area contributed by atoms with E-state index in [1.54, 1.807) is 47.4 Å². The van der Waals surface area contributed by atoms with Crippen molar-refractivity contribution in [3.8, 4) is 0 Å². The van der Waals surface area contributed by atoms with Crippen molar-refractivity contribution < 1.29 is 9.18 Å². The van der Waals surface area contributed by atoms with Gasteiger partial charge >= 0.3 is 0 Å². The molecule has 0 radical (unpaired) electrons. The molecule has 3 rings (SSSR count). The van der Waals surface area contributed by atoms with Crippen LogP contribution in [0.15, 0.2) is 61.2 Å². The van der Waals surface area contributed by atoms with Gasteiger partial charge in [0, 0.05) is 43.0 Å². The van der Waals surface area contributed by atoms with E-state index in [1.807, 2.05) is 0 Å². The molecule has 1 atom stereocenters. The summed E-state index contributed by atoms with van der Waals surface area (Å²) in [5, 5.41) is 0.560. The Morgan fingerprint density at radius 3 is 2.68 bits per heavy atom. The van der Waals surface area contributed by atoms with Gasteiger partial charge in [0.1, 0.15) is 5.82 Å². The average Bonchev–Trinajstić information content (AvgIpc) is 2.68. The first-order chi connectivity index (χ1) is 13.5. The van der Waals surface area contributed by atoms with Crippen molar-refractivity contribution in [3.05, 3.63) is 83.2 Å². The zero-order valence-electron chi connectivity index (χ0n) is 15.5. The lowest BCUT2D eigenvalue weighted by Gasteiger charge is -2.39. The van der Waals surface area contributed by atoms with Gasteiger partial charge in [-0.05, 0) is 41.5 Å². The van der Waals surface area contributed by atoms with E-state index in [-0.39, 0.29) is 17.8 Å². The number of nitrogen functional groups attached to an aromatic ring is 1. The van der Waals surface area contributed by atoms with Crippen LogP contribution < -0.4 is 5.73 Å². The highest BCUT2D eigenvalue weighted by Crippen LogP contribution is 2.20. The number of piperazine rings is 1. The molecule has 1 aliphatic rings. The van der Waals surface area contributed by atoms with Crippen molar-refractivity contribution in [2.24, 2.45) is 0 Å². The fourth-order valence-electron chi connectivity index (χ4n) is 3.29. The van der Waals surface area contributed by atoms with Gasteiger partial charge in [-0.25, -0.2) is 4.39 Å². The minimum absolute atomic E-state index is 0.0827. The van der Waals surface area contributed by atoms with Gasteiger partial charge in [-0.3, -0.25) is 9.69 Å². The molecular weight excluding hydrogens is 377 g/mol. The number of halogens is 2. The number of anilines is 1.